The van der Waals surface area contributed by atoms with E-state index < -0.39 is 119 Å². The third-order valence-electron chi connectivity index (χ3n) is 13.7. The molecule has 346 valence electrons. The number of aromatic hydroxyl groups is 1. The Labute approximate surface area is 365 Å². The Morgan fingerprint density at radius 1 is 0.952 bits per heavy atom. The van der Waals surface area contributed by atoms with Gasteiger partial charge in [-0.25, -0.2) is 4.39 Å². The smallest absolute Gasteiger partial charge is 0.305 e. The maximum atomic E-state index is 16.9. The zero-order chi connectivity index (χ0) is 47.4. The number of nitrogens with one attached hydrogen (secondary N) is 4. The average molecular weight is 885 g/mol. The molecular weight excluding hydrogens is 824 g/mol. The van der Waals surface area contributed by atoms with Gasteiger partial charge in [-0.2, -0.15) is 0 Å². The molecule has 0 bridgehead atoms. The first-order chi connectivity index (χ1) is 29.3. The lowest BCUT2D eigenvalue weighted by molar-refractivity contribution is -0.219. The number of hydrogen-bond donors (Lipinski definition) is 9. The Morgan fingerprint density at radius 2 is 1.59 bits per heavy atom. The van der Waals surface area contributed by atoms with Gasteiger partial charge in [0.05, 0.1) is 18.6 Å². The number of ketones is 2. The van der Waals surface area contributed by atoms with E-state index in [0.717, 1.165) is 0 Å². The minimum atomic E-state index is -1.98. The molecule has 0 heterocycles. The van der Waals surface area contributed by atoms with Gasteiger partial charge >= 0.3 is 5.97 Å². The van der Waals surface area contributed by atoms with Gasteiger partial charge in [-0.3, -0.25) is 33.6 Å². The molecule has 0 aliphatic heterocycles. The van der Waals surface area contributed by atoms with Crippen molar-refractivity contribution in [2.24, 2.45) is 34.5 Å². The number of rotatable bonds is 15. The van der Waals surface area contributed by atoms with Crippen LogP contribution in [0.1, 0.15) is 86.1 Å². The number of carboxylic acid groups (broad SMARTS) is 1. The van der Waals surface area contributed by atoms with Gasteiger partial charge in [0.1, 0.15) is 42.4 Å². The number of benzene rings is 1. The topological polar surface area (TPSA) is 286 Å². The summed E-state index contributed by atoms with van der Waals surface area (Å²) < 4.78 is 16.9. The molecule has 0 saturated heterocycles. The molecule has 4 aliphatic rings. The van der Waals surface area contributed by atoms with Crippen LogP contribution in [-0.2, 0) is 44.8 Å². The third kappa shape index (κ3) is 9.92. The van der Waals surface area contributed by atoms with E-state index in [1.807, 2.05) is 0 Å². The van der Waals surface area contributed by atoms with E-state index in [-0.39, 0.29) is 36.6 Å². The van der Waals surface area contributed by atoms with E-state index >= 15 is 4.39 Å². The predicted octanol–water partition coefficient (Wildman–Crippen LogP) is 1.14. The zero-order valence-electron chi connectivity index (χ0n) is 36.6. The number of aldehydes is 1. The highest BCUT2D eigenvalue weighted by molar-refractivity contribution is 6.01. The van der Waals surface area contributed by atoms with Gasteiger partial charge in [-0.1, -0.05) is 51.5 Å². The lowest BCUT2D eigenvalue weighted by Gasteiger charge is -2.62. The van der Waals surface area contributed by atoms with Gasteiger partial charge in [-0.05, 0) is 87.1 Å². The molecule has 63 heavy (non-hydrogen) atoms. The summed E-state index contributed by atoms with van der Waals surface area (Å²) in [6.45, 7) is 10.4. The summed E-state index contributed by atoms with van der Waals surface area (Å²) in [7, 11) is 0. The molecule has 0 spiro atoms. The van der Waals surface area contributed by atoms with E-state index in [4.69, 9.17) is 5.11 Å². The van der Waals surface area contributed by atoms with Crippen molar-refractivity contribution in [3.8, 4) is 5.75 Å². The van der Waals surface area contributed by atoms with Crippen molar-refractivity contribution in [3.05, 3.63) is 53.6 Å². The van der Waals surface area contributed by atoms with Crippen molar-refractivity contribution < 1.29 is 68.3 Å². The molecule has 0 radical (unpaired) electrons. The highest BCUT2D eigenvalue weighted by Crippen LogP contribution is 2.70. The summed E-state index contributed by atoms with van der Waals surface area (Å²) >= 11 is 0. The number of Topliss-reactive ketones (excluding diaryl/α,β-unsaturated/α-hetero) is 1. The van der Waals surface area contributed by atoms with Gasteiger partial charge in [0.2, 0.25) is 23.6 Å². The minimum absolute atomic E-state index is 0.0476. The minimum Gasteiger partial charge on any atom is -0.508 e. The third-order valence-corrected chi connectivity index (χ3v) is 13.7. The molecule has 4 amide bonds. The van der Waals surface area contributed by atoms with E-state index in [2.05, 4.69) is 21.3 Å². The van der Waals surface area contributed by atoms with Crippen LogP contribution in [0.25, 0.3) is 0 Å². The fourth-order valence-electron chi connectivity index (χ4n) is 10.4. The van der Waals surface area contributed by atoms with E-state index in [1.54, 1.807) is 52.8 Å². The van der Waals surface area contributed by atoms with E-state index in [0.29, 0.717) is 30.4 Å². The van der Waals surface area contributed by atoms with Gasteiger partial charge in [-0.15, -0.1) is 0 Å². The molecule has 0 aromatic heterocycles. The number of carbonyl (C=O) groups is 8. The highest BCUT2D eigenvalue weighted by Gasteiger charge is 2.75. The standard InChI is InChI=1S/C23H32N4O8.C22H29FO5/c1-12(2)20(23(35)24-13(3)21(33)26-16(11-28)10-19(31)32)27-22(34)18(25-14(4)29)9-15-5-7-17(30)8-6-15;1-12-8-16-15-5-4-13-9-14(25)6-7-19(13,2)21(15,23)17(26)10-20(16,3)22(12,28)18(27)11-24/h5-8,11-13,16,18,20,30H,9-10H2,1-4H3,(H,24,35)(H,25,29)(H,26,33)(H,27,34)(H,31,32);6-7,9,12,15-17,24,26,28H,4-5,8,10-11H2,1-3H3/t13-,16-,18-,20-;12-,15+,16+,17+,19+,20+,21+,22+/m01/s1. The number of allylic oxidation sites excluding steroid dienone is 4. The molecule has 1 aromatic rings. The van der Waals surface area contributed by atoms with E-state index in [9.17, 15) is 58.8 Å². The van der Waals surface area contributed by atoms with Gasteiger partial charge in [0, 0.05) is 30.1 Å². The number of aliphatic hydroxyl groups excluding tert-OH is 2. The Bertz CT molecular complexity index is 2020. The molecule has 9 N–H and O–H groups in total. The molecule has 5 rings (SSSR count). The van der Waals surface area contributed by atoms with Gasteiger partial charge in [0.15, 0.2) is 17.2 Å². The van der Waals surface area contributed by atoms with Crippen LogP contribution < -0.4 is 21.3 Å². The number of carboxylic acids is 1. The molecule has 17 nitrogen and oxygen atoms in total. The average Bonchev–Trinajstić information content (AvgIpc) is 3.41. The molecule has 3 saturated carbocycles. The molecule has 4 aliphatic carbocycles. The molecular formula is C45H61FN4O13. The SMILES string of the molecule is CC(=O)N[C@@H](Cc1ccc(O)cc1)C(=O)N[C@H](C(=O)N[C@@H](C)C(=O)N[C@H](C=O)CC(=O)O)C(C)C.C[C@@H]1C[C@H]2[C@@H]3CCC4=CC(=O)C=C[C@]4(C)[C@@]3(F)[C@@H](O)C[C@]2(C)[C@@]1(O)C(=O)CO. The number of aliphatic hydroxyl groups is 3. The first kappa shape index (κ1) is 50.3. The number of alkyl halides is 1. The van der Waals surface area contributed by atoms with Gasteiger partial charge in [0.25, 0.3) is 0 Å². The lowest BCUT2D eigenvalue weighted by atomic mass is 9.44. The zero-order valence-corrected chi connectivity index (χ0v) is 36.6. The monoisotopic (exact) mass is 884 g/mol. The number of aliphatic carboxylic acids is 1. The highest BCUT2D eigenvalue weighted by atomic mass is 19.1. The Kier molecular flexibility index (Phi) is 15.7. The normalized spacial score (nSPS) is 31.2. The number of carbonyl (C=O) groups excluding carboxylic acids is 7. The summed E-state index contributed by atoms with van der Waals surface area (Å²) in [6.07, 6.45) is 4.22. The lowest BCUT2D eigenvalue weighted by Crippen LogP contribution is -2.69. The van der Waals surface area contributed by atoms with Crippen LogP contribution in [0.5, 0.6) is 5.75 Å². The van der Waals surface area contributed by atoms with Crippen molar-refractivity contribution in [1.82, 2.24) is 21.3 Å². The van der Waals surface area contributed by atoms with Crippen molar-refractivity contribution in [2.45, 2.75) is 129 Å². The fourth-order valence-corrected chi connectivity index (χ4v) is 10.4. The van der Waals surface area contributed by atoms with Crippen molar-refractivity contribution in [1.29, 1.82) is 0 Å². The first-order valence-corrected chi connectivity index (χ1v) is 21.1. The van der Waals surface area contributed by atoms with Crippen LogP contribution in [-0.4, -0.2) is 121 Å². The van der Waals surface area contributed by atoms with Crippen LogP contribution >= 0.6 is 0 Å². The molecule has 12 atom stereocenters. The molecule has 1 aromatic carbocycles. The second-order valence-electron chi connectivity index (χ2n) is 18.2. The summed E-state index contributed by atoms with van der Waals surface area (Å²) in [4.78, 5) is 95.8. The second kappa shape index (κ2) is 19.6. The van der Waals surface area contributed by atoms with Crippen LogP contribution in [0, 0.1) is 34.5 Å². The van der Waals surface area contributed by atoms with Crippen LogP contribution in [0.4, 0.5) is 4.39 Å². The molecule has 3 fully saturated rings. The summed E-state index contributed by atoms with van der Waals surface area (Å²) in [5, 5.41) is 60.0. The Hall–Kier alpha value is -5.33. The van der Waals surface area contributed by atoms with E-state index in [1.165, 1.54) is 38.1 Å². The van der Waals surface area contributed by atoms with Gasteiger partial charge < -0.3 is 51.6 Å². The Morgan fingerprint density at radius 3 is 2.14 bits per heavy atom. The molecule has 0 unspecified atom stereocenters. The quantitative estimate of drug-likeness (QED) is 0.112. The second-order valence-corrected chi connectivity index (χ2v) is 18.2. The largest absolute Gasteiger partial charge is 0.508 e. The van der Waals surface area contributed by atoms with Crippen LogP contribution in [0.3, 0.4) is 0 Å². The number of halogens is 1. The Balaban J connectivity index is 0.000000282. The number of hydrogen-bond acceptors (Lipinski definition) is 12. The first-order valence-electron chi connectivity index (χ1n) is 21.1. The molecule has 18 heteroatoms. The number of fused-ring (bicyclic) bond motifs is 5. The fraction of sp³-hybridized carbons (Fsp3) is 0.600. The van der Waals surface area contributed by atoms with Crippen LogP contribution in [0.2, 0.25) is 0 Å². The maximum Gasteiger partial charge on any atom is 0.305 e. The number of phenols is 1. The van der Waals surface area contributed by atoms with Crippen molar-refractivity contribution in [3.63, 3.8) is 0 Å². The van der Waals surface area contributed by atoms with Crippen molar-refractivity contribution >= 4 is 47.5 Å². The summed E-state index contributed by atoms with van der Waals surface area (Å²) in [5.41, 5.74) is -4.50. The van der Waals surface area contributed by atoms with Crippen molar-refractivity contribution in [2.75, 3.05) is 6.61 Å². The summed E-state index contributed by atoms with van der Waals surface area (Å²) in [5.74, 6) is -6.26. The number of amides is 4. The van der Waals surface area contributed by atoms with Crippen LogP contribution in [0.15, 0.2) is 48.1 Å². The maximum absolute atomic E-state index is 16.9. The number of phenolic OH excluding ortho intramolecular Hbond substituents is 1. The predicted molar refractivity (Wildman–Crippen MR) is 224 cm³/mol. The summed E-state index contributed by atoms with van der Waals surface area (Å²) in [6, 6.07) is 1.65.